The van der Waals surface area contributed by atoms with E-state index in [2.05, 4.69) is 61.5 Å². The molecule has 0 unspecified atom stereocenters. The lowest BCUT2D eigenvalue weighted by molar-refractivity contribution is 0.435. The van der Waals surface area contributed by atoms with Crippen molar-refractivity contribution in [1.29, 1.82) is 0 Å². The summed E-state index contributed by atoms with van der Waals surface area (Å²) in [5.74, 6) is 0.857. The van der Waals surface area contributed by atoms with Crippen LogP contribution in [0.15, 0.2) is 47.0 Å². The van der Waals surface area contributed by atoms with E-state index < -0.39 is 0 Å². The number of aromatic nitrogens is 1. The van der Waals surface area contributed by atoms with Gasteiger partial charge >= 0.3 is 0 Å². The highest BCUT2D eigenvalue weighted by molar-refractivity contribution is 7.15. The molecule has 0 aliphatic heterocycles. The maximum atomic E-state index is 5.67. The fraction of sp³-hybridized carbons (Fsp3) is 0.536. The van der Waals surface area contributed by atoms with E-state index in [1.165, 1.54) is 98.8 Å². The zero-order valence-corrected chi connectivity index (χ0v) is 20.3. The molecule has 0 aliphatic rings. The molecule has 168 valence electrons. The minimum absolute atomic E-state index is 0.857. The molecule has 3 rings (SSSR count). The fourth-order valence-electron chi connectivity index (χ4n) is 4.03. The van der Waals surface area contributed by atoms with E-state index >= 15 is 0 Å². The third-order valence-electron chi connectivity index (χ3n) is 6.01. The number of aryl methyl sites for hydroxylation is 2. The lowest BCUT2D eigenvalue weighted by Gasteiger charge is -2.03. The number of rotatable bonds is 15. The van der Waals surface area contributed by atoms with Crippen molar-refractivity contribution in [1.82, 2.24) is 5.16 Å². The Kier molecular flexibility index (Phi) is 10.4. The zero-order valence-electron chi connectivity index (χ0n) is 19.5. The third kappa shape index (κ3) is 7.96. The van der Waals surface area contributed by atoms with Gasteiger partial charge in [-0.2, -0.15) is 0 Å². The van der Waals surface area contributed by atoms with Gasteiger partial charge < -0.3 is 4.52 Å². The third-order valence-corrected chi connectivity index (χ3v) is 7.18. The Hall–Kier alpha value is -1.87. The summed E-state index contributed by atoms with van der Waals surface area (Å²) >= 11 is 1.85. The predicted molar refractivity (Wildman–Crippen MR) is 135 cm³/mol. The first-order valence-electron chi connectivity index (χ1n) is 12.4. The Labute approximate surface area is 193 Å². The van der Waals surface area contributed by atoms with Crippen LogP contribution in [0.2, 0.25) is 0 Å². The van der Waals surface area contributed by atoms with Crippen LogP contribution >= 0.6 is 11.3 Å². The second kappa shape index (κ2) is 13.5. The lowest BCUT2D eigenvalue weighted by atomic mass is 10.0. The molecule has 0 saturated heterocycles. The van der Waals surface area contributed by atoms with Gasteiger partial charge in [-0.05, 0) is 43.4 Å². The van der Waals surface area contributed by atoms with Gasteiger partial charge in [-0.3, -0.25) is 0 Å². The maximum Gasteiger partial charge on any atom is 0.167 e. The smallest absolute Gasteiger partial charge is 0.167 e. The Morgan fingerprint density at radius 2 is 1.35 bits per heavy atom. The topological polar surface area (TPSA) is 26.0 Å². The van der Waals surface area contributed by atoms with Gasteiger partial charge in [0.1, 0.15) is 5.69 Å². The van der Waals surface area contributed by atoms with Crippen LogP contribution in [0.25, 0.3) is 21.9 Å². The largest absolute Gasteiger partial charge is 0.356 e. The summed E-state index contributed by atoms with van der Waals surface area (Å²) in [4.78, 5) is 2.66. The number of hydrogen-bond acceptors (Lipinski definition) is 3. The molecule has 3 aromatic rings. The summed E-state index contributed by atoms with van der Waals surface area (Å²) in [6, 6.07) is 15.4. The van der Waals surface area contributed by atoms with Crippen molar-refractivity contribution in [2.45, 2.75) is 97.3 Å². The molecule has 2 heterocycles. The Bertz CT molecular complexity index is 861. The second-order valence-corrected chi connectivity index (χ2v) is 9.89. The molecule has 0 fully saturated rings. The summed E-state index contributed by atoms with van der Waals surface area (Å²) in [5.41, 5.74) is 3.48. The van der Waals surface area contributed by atoms with Gasteiger partial charge in [0, 0.05) is 16.5 Å². The molecule has 0 amide bonds. The highest BCUT2D eigenvalue weighted by Crippen LogP contribution is 2.31. The van der Waals surface area contributed by atoms with E-state index in [1.807, 2.05) is 11.3 Å². The minimum atomic E-state index is 0.857. The van der Waals surface area contributed by atoms with Crippen LogP contribution in [0.4, 0.5) is 0 Å². The van der Waals surface area contributed by atoms with E-state index in [0.717, 1.165) is 17.0 Å². The molecule has 0 N–H and O–H groups in total. The fourth-order valence-corrected chi connectivity index (χ4v) is 5.03. The van der Waals surface area contributed by atoms with Crippen LogP contribution in [-0.4, -0.2) is 5.16 Å². The zero-order chi connectivity index (χ0) is 21.7. The first kappa shape index (κ1) is 23.8. The van der Waals surface area contributed by atoms with E-state index in [-0.39, 0.29) is 0 Å². The van der Waals surface area contributed by atoms with Gasteiger partial charge in [-0.1, -0.05) is 101 Å². The van der Waals surface area contributed by atoms with E-state index in [1.54, 1.807) is 0 Å². The molecule has 0 radical (unpaired) electrons. The van der Waals surface area contributed by atoms with Crippen LogP contribution in [0.1, 0.15) is 94.9 Å². The molecule has 0 saturated carbocycles. The van der Waals surface area contributed by atoms with Gasteiger partial charge in [0.05, 0.1) is 4.88 Å². The first-order chi connectivity index (χ1) is 15.3. The van der Waals surface area contributed by atoms with Gasteiger partial charge in [0.25, 0.3) is 0 Å². The summed E-state index contributed by atoms with van der Waals surface area (Å²) in [7, 11) is 0. The first-order valence-corrected chi connectivity index (χ1v) is 13.3. The summed E-state index contributed by atoms with van der Waals surface area (Å²) in [6.45, 7) is 4.54. The molecule has 3 heteroatoms. The minimum Gasteiger partial charge on any atom is -0.356 e. The van der Waals surface area contributed by atoms with Crippen LogP contribution in [0.5, 0.6) is 0 Å². The van der Waals surface area contributed by atoms with Crippen LogP contribution in [-0.2, 0) is 12.8 Å². The Morgan fingerprint density at radius 1 is 0.710 bits per heavy atom. The van der Waals surface area contributed by atoms with E-state index in [9.17, 15) is 0 Å². The van der Waals surface area contributed by atoms with Gasteiger partial charge in [-0.25, -0.2) is 0 Å². The molecule has 31 heavy (non-hydrogen) atoms. The number of nitrogens with zero attached hydrogens (tertiary/aromatic N) is 1. The monoisotopic (exact) mass is 437 g/mol. The Balaban J connectivity index is 1.48. The van der Waals surface area contributed by atoms with Crippen molar-refractivity contribution in [3.05, 3.63) is 52.9 Å². The highest BCUT2D eigenvalue weighted by atomic mass is 32.1. The molecule has 0 bridgehead atoms. The van der Waals surface area contributed by atoms with Crippen LogP contribution in [0.3, 0.4) is 0 Å². The highest BCUT2D eigenvalue weighted by Gasteiger charge is 2.11. The molecular formula is C28H39NOS. The lowest BCUT2D eigenvalue weighted by Crippen LogP contribution is -1.86. The number of unbranched alkanes of at least 4 members (excludes halogenated alkanes) is 9. The molecule has 2 aromatic heterocycles. The average Bonchev–Trinajstić information content (AvgIpc) is 3.46. The molecule has 0 aliphatic carbocycles. The number of hydrogen-bond donors (Lipinski definition) is 0. The molecule has 2 nitrogen and oxygen atoms in total. The average molecular weight is 438 g/mol. The SMILES string of the molecule is CCCCCCCCc1ccc(-c2cc(-c3ccc(CCCCCCC)s3)no2)cc1. The van der Waals surface area contributed by atoms with Gasteiger partial charge in [0.2, 0.25) is 0 Å². The quantitative estimate of drug-likeness (QED) is 0.221. The van der Waals surface area contributed by atoms with Crippen molar-refractivity contribution in [3.8, 4) is 21.9 Å². The van der Waals surface area contributed by atoms with Gasteiger partial charge in [0.15, 0.2) is 5.76 Å². The van der Waals surface area contributed by atoms with Crippen LogP contribution < -0.4 is 0 Å². The number of thiophene rings is 1. The van der Waals surface area contributed by atoms with E-state index in [4.69, 9.17) is 4.52 Å². The van der Waals surface area contributed by atoms with Crippen LogP contribution in [0, 0.1) is 0 Å². The van der Waals surface area contributed by atoms with Crippen molar-refractivity contribution in [2.24, 2.45) is 0 Å². The van der Waals surface area contributed by atoms with Crippen molar-refractivity contribution >= 4 is 11.3 Å². The molecule has 0 atom stereocenters. The summed E-state index contributed by atoms with van der Waals surface area (Å²) in [5, 5.41) is 4.34. The molecular weight excluding hydrogens is 398 g/mol. The van der Waals surface area contributed by atoms with E-state index in [0.29, 0.717) is 0 Å². The van der Waals surface area contributed by atoms with Gasteiger partial charge in [-0.15, -0.1) is 11.3 Å². The normalized spacial score (nSPS) is 11.3. The summed E-state index contributed by atoms with van der Waals surface area (Å²) in [6.07, 6.45) is 17.1. The maximum absolute atomic E-state index is 5.67. The Morgan fingerprint density at radius 3 is 2.06 bits per heavy atom. The molecule has 0 spiro atoms. The predicted octanol–water partition coefficient (Wildman–Crippen LogP) is 9.49. The number of benzene rings is 1. The summed E-state index contributed by atoms with van der Waals surface area (Å²) < 4.78 is 5.67. The standard InChI is InChI=1S/C28H39NOS/c1-3-5-7-9-11-12-14-23-16-18-24(19-17-23)27-22-26(29-30-27)28-21-20-25(31-28)15-13-10-8-6-4-2/h16-22H,3-15H2,1-2H3. The second-order valence-electron chi connectivity index (χ2n) is 8.72. The molecule has 1 aromatic carbocycles. The van der Waals surface area contributed by atoms with Crippen molar-refractivity contribution < 1.29 is 4.52 Å². The van der Waals surface area contributed by atoms with Crippen molar-refractivity contribution in [3.63, 3.8) is 0 Å². The van der Waals surface area contributed by atoms with Crippen molar-refractivity contribution in [2.75, 3.05) is 0 Å².